The number of rotatable bonds is 4. The molecule has 1 atom stereocenters. The van der Waals surface area contributed by atoms with Crippen molar-refractivity contribution in [3.8, 4) is 0 Å². The Balaban J connectivity index is 4.86. The largest absolute Gasteiger partial charge is 0.483 e. The van der Waals surface area contributed by atoms with Crippen molar-refractivity contribution >= 4 is 38.8 Å². The van der Waals surface area contributed by atoms with Crippen LogP contribution in [0.2, 0.25) is 0 Å². The minimum atomic E-state index is -5.18. The maximum Gasteiger partial charge on any atom is 0.483 e. The maximum absolute atomic E-state index is 11.1. The molecular formula is C5H12Cl2O7P2. The van der Waals surface area contributed by atoms with Crippen LogP contribution in [0, 0.1) is 5.41 Å². The minimum Gasteiger partial charge on any atom is -0.302 e. The smallest absolute Gasteiger partial charge is 0.302 e. The fraction of sp³-hybridized carbons (Fsp3) is 1.00. The van der Waals surface area contributed by atoms with Crippen LogP contribution in [0.5, 0.6) is 0 Å². The first-order valence-electron chi connectivity index (χ1n) is 3.84. The zero-order valence-corrected chi connectivity index (χ0v) is 11.9. The first-order valence-corrected chi connectivity index (χ1v) is 7.63. The second-order valence-electron chi connectivity index (χ2n) is 3.90. The molecular weight excluding hydrogens is 305 g/mol. The first kappa shape index (κ1) is 16.8. The number of phosphoric ester groups is 1. The molecule has 0 aliphatic heterocycles. The van der Waals surface area contributed by atoms with Crippen molar-refractivity contribution in [1.82, 2.24) is 0 Å². The van der Waals surface area contributed by atoms with E-state index in [1.165, 1.54) is 20.8 Å². The molecule has 0 saturated carbocycles. The van der Waals surface area contributed by atoms with E-state index in [0.29, 0.717) is 0 Å². The molecule has 0 spiro atoms. The number of alkyl halides is 2. The highest BCUT2D eigenvalue weighted by Gasteiger charge is 2.47. The highest BCUT2D eigenvalue weighted by molar-refractivity contribution is 7.60. The van der Waals surface area contributed by atoms with Crippen molar-refractivity contribution in [3.63, 3.8) is 0 Å². The molecule has 0 aromatic rings. The van der Waals surface area contributed by atoms with E-state index < -0.39 is 25.6 Å². The van der Waals surface area contributed by atoms with Crippen molar-refractivity contribution < 1.29 is 32.6 Å². The van der Waals surface area contributed by atoms with Crippen molar-refractivity contribution in [2.24, 2.45) is 5.41 Å². The Morgan fingerprint density at radius 2 is 1.44 bits per heavy atom. The fourth-order valence-corrected chi connectivity index (χ4v) is 2.73. The number of halogens is 2. The van der Waals surface area contributed by atoms with Gasteiger partial charge in [0.25, 0.3) is 0 Å². The summed E-state index contributed by atoms with van der Waals surface area (Å²) in [6.07, 6.45) is 0. The van der Waals surface area contributed by atoms with E-state index in [1.54, 1.807) is 0 Å². The second kappa shape index (κ2) is 4.84. The summed E-state index contributed by atoms with van der Waals surface area (Å²) in [6.45, 7) is 4.47. The van der Waals surface area contributed by atoms with Crippen LogP contribution < -0.4 is 0 Å². The molecule has 98 valence electrons. The highest BCUT2D eigenvalue weighted by Crippen LogP contribution is 2.62. The van der Waals surface area contributed by atoms with E-state index in [1.807, 2.05) is 0 Å². The van der Waals surface area contributed by atoms with Crippen molar-refractivity contribution in [3.05, 3.63) is 0 Å². The predicted octanol–water partition coefficient (Wildman–Crippen LogP) is 2.39. The molecule has 11 heteroatoms. The van der Waals surface area contributed by atoms with Gasteiger partial charge in [0.05, 0.1) is 0 Å². The van der Waals surface area contributed by atoms with Gasteiger partial charge in [0.15, 0.2) is 0 Å². The Labute approximate surface area is 103 Å². The summed E-state index contributed by atoms with van der Waals surface area (Å²) in [4.78, 5) is 25.7. The quantitative estimate of drug-likeness (QED) is 0.539. The Morgan fingerprint density at radius 3 is 1.69 bits per heavy atom. The van der Waals surface area contributed by atoms with E-state index in [0.717, 1.165) is 0 Å². The summed E-state index contributed by atoms with van der Waals surface area (Å²) in [5.74, 6) is 0. The Bertz CT molecular complexity index is 343. The molecule has 7 nitrogen and oxygen atoms in total. The lowest BCUT2D eigenvalue weighted by Crippen LogP contribution is -2.33. The molecule has 0 saturated heterocycles. The number of hydrogen-bond donors (Lipinski definition) is 3. The summed E-state index contributed by atoms with van der Waals surface area (Å²) < 4.78 is 27.2. The van der Waals surface area contributed by atoms with Crippen molar-refractivity contribution in [1.29, 1.82) is 0 Å². The summed E-state index contributed by atoms with van der Waals surface area (Å²) >= 11 is 11.2. The zero-order chi connectivity index (χ0) is 13.4. The molecule has 0 bridgehead atoms. The van der Waals surface area contributed by atoms with E-state index in [9.17, 15) is 9.13 Å². The molecule has 0 aromatic carbocycles. The van der Waals surface area contributed by atoms with Crippen LogP contribution in [-0.2, 0) is 18.0 Å². The first-order chi connectivity index (χ1) is 6.66. The standard InChI is InChI=1S/C5H12Cl2O7P2/c1-4(2,3)5(6,7)13-16(11,12)14-15(8,9)10/h1-3H3,(H,11,12)(H2,8,9,10). The third-order valence-electron chi connectivity index (χ3n) is 1.31. The maximum atomic E-state index is 11.1. The normalized spacial score (nSPS) is 18.2. The molecule has 0 rings (SSSR count). The lowest BCUT2D eigenvalue weighted by Gasteiger charge is -2.33. The van der Waals surface area contributed by atoms with Crippen molar-refractivity contribution in [2.45, 2.75) is 25.3 Å². The van der Waals surface area contributed by atoms with Gasteiger partial charge in [0, 0.05) is 5.41 Å². The van der Waals surface area contributed by atoms with Crippen LogP contribution >= 0.6 is 38.8 Å². The summed E-state index contributed by atoms with van der Waals surface area (Å²) in [6, 6.07) is 0. The fourth-order valence-electron chi connectivity index (χ4n) is 0.433. The lowest BCUT2D eigenvalue weighted by molar-refractivity contribution is 0.0772. The zero-order valence-electron chi connectivity index (χ0n) is 8.62. The number of phosphoric acid groups is 2. The third kappa shape index (κ3) is 5.96. The predicted molar refractivity (Wildman–Crippen MR) is 57.9 cm³/mol. The minimum absolute atomic E-state index is 0.979. The molecule has 0 aromatic heterocycles. The second-order valence-corrected chi connectivity index (χ2v) is 7.91. The SMILES string of the molecule is CC(C)(C)C(Cl)(Cl)OP(=O)(O)OP(=O)(O)O. The summed E-state index contributed by atoms with van der Waals surface area (Å²) in [5.41, 5.74) is -0.979. The van der Waals surface area contributed by atoms with E-state index in [2.05, 4.69) is 8.83 Å². The molecule has 0 aliphatic carbocycles. The van der Waals surface area contributed by atoms with Gasteiger partial charge in [-0.1, -0.05) is 44.0 Å². The van der Waals surface area contributed by atoms with Gasteiger partial charge in [-0.3, -0.25) is 0 Å². The van der Waals surface area contributed by atoms with E-state index in [4.69, 9.17) is 37.9 Å². The molecule has 0 radical (unpaired) electrons. The van der Waals surface area contributed by atoms with Crippen LogP contribution in [-0.4, -0.2) is 19.2 Å². The van der Waals surface area contributed by atoms with Gasteiger partial charge >= 0.3 is 15.6 Å². The van der Waals surface area contributed by atoms with Gasteiger partial charge in [-0.15, -0.1) is 0 Å². The number of hydrogen-bond acceptors (Lipinski definition) is 4. The molecule has 0 heterocycles. The van der Waals surface area contributed by atoms with Crippen LogP contribution in [0.15, 0.2) is 0 Å². The Morgan fingerprint density at radius 1 is 1.06 bits per heavy atom. The van der Waals surface area contributed by atoms with Crippen LogP contribution in [0.1, 0.15) is 20.8 Å². The summed E-state index contributed by atoms with van der Waals surface area (Å²) in [7, 11) is -10.2. The molecule has 1 unspecified atom stereocenters. The van der Waals surface area contributed by atoms with Gasteiger partial charge in [0.2, 0.25) is 4.52 Å². The third-order valence-corrected chi connectivity index (χ3v) is 5.00. The average Bonchev–Trinajstić information content (AvgIpc) is 1.72. The van der Waals surface area contributed by atoms with Crippen LogP contribution in [0.4, 0.5) is 0 Å². The molecule has 0 fully saturated rings. The Kier molecular flexibility index (Phi) is 5.10. The van der Waals surface area contributed by atoms with Gasteiger partial charge in [-0.05, 0) is 0 Å². The van der Waals surface area contributed by atoms with Crippen LogP contribution in [0.25, 0.3) is 0 Å². The lowest BCUT2D eigenvalue weighted by atomic mass is 9.98. The van der Waals surface area contributed by atoms with Gasteiger partial charge in [0.1, 0.15) is 0 Å². The van der Waals surface area contributed by atoms with Gasteiger partial charge < -0.3 is 14.7 Å². The van der Waals surface area contributed by atoms with E-state index in [-0.39, 0.29) is 0 Å². The summed E-state index contributed by atoms with van der Waals surface area (Å²) in [5, 5.41) is 0. The van der Waals surface area contributed by atoms with Crippen LogP contribution in [0.3, 0.4) is 0 Å². The van der Waals surface area contributed by atoms with Crippen molar-refractivity contribution in [2.75, 3.05) is 0 Å². The van der Waals surface area contributed by atoms with Gasteiger partial charge in [-0.2, -0.15) is 4.31 Å². The molecule has 16 heavy (non-hydrogen) atoms. The highest BCUT2D eigenvalue weighted by atomic mass is 35.5. The molecule has 0 aliphatic rings. The molecule has 3 N–H and O–H groups in total. The topological polar surface area (TPSA) is 113 Å². The Hall–Kier alpha value is 0.840. The molecule has 0 amide bonds. The monoisotopic (exact) mass is 316 g/mol. The average molecular weight is 317 g/mol. The van der Waals surface area contributed by atoms with E-state index >= 15 is 0 Å². The van der Waals surface area contributed by atoms with Gasteiger partial charge in [-0.25, -0.2) is 13.7 Å².